The molecular weight excluding hydrogens is 299 g/mol. The number of likely N-dealkylation sites (tertiary alicyclic amines) is 1. The Kier molecular flexibility index (Phi) is 3.98. The molecule has 1 saturated heterocycles. The third-order valence-electron chi connectivity index (χ3n) is 4.25. The van der Waals surface area contributed by atoms with Crippen molar-refractivity contribution in [1.82, 2.24) is 9.88 Å². The summed E-state index contributed by atoms with van der Waals surface area (Å²) in [4.78, 5) is 29.9. The lowest BCUT2D eigenvalue weighted by atomic mass is 10.00. The number of rotatable bonds is 2. The van der Waals surface area contributed by atoms with Gasteiger partial charge in [0, 0.05) is 18.0 Å². The number of pyridine rings is 1. The summed E-state index contributed by atoms with van der Waals surface area (Å²) in [7, 11) is 0. The number of halogens is 1. The van der Waals surface area contributed by atoms with Gasteiger partial charge in [-0.2, -0.15) is 0 Å². The minimum atomic E-state index is -0.980. The van der Waals surface area contributed by atoms with E-state index in [-0.39, 0.29) is 11.7 Å². The number of aryl methyl sites for hydroxylation is 1. The predicted molar refractivity (Wildman–Crippen MR) is 82.7 cm³/mol. The van der Waals surface area contributed by atoms with E-state index in [0.29, 0.717) is 35.1 Å². The fourth-order valence-corrected chi connectivity index (χ4v) is 3.04. The van der Waals surface area contributed by atoms with Crippen LogP contribution in [0.3, 0.4) is 0 Å². The summed E-state index contributed by atoms with van der Waals surface area (Å²) in [6, 6.07) is 5.07. The van der Waals surface area contributed by atoms with Gasteiger partial charge in [0.15, 0.2) is 0 Å². The fraction of sp³-hybridized carbons (Fsp3) is 0.353. The molecule has 0 spiro atoms. The SMILES string of the molecule is Cc1nc2cc(F)ccc2cc1C(=O)N1CCCC[C@H]1C(=O)O. The van der Waals surface area contributed by atoms with Gasteiger partial charge in [0.1, 0.15) is 11.9 Å². The molecule has 0 bridgehead atoms. The van der Waals surface area contributed by atoms with Gasteiger partial charge < -0.3 is 10.0 Å². The van der Waals surface area contributed by atoms with E-state index in [1.165, 1.54) is 17.0 Å². The summed E-state index contributed by atoms with van der Waals surface area (Å²) in [6.07, 6.45) is 2.06. The molecule has 0 saturated carbocycles. The molecule has 1 atom stereocenters. The molecule has 0 radical (unpaired) electrons. The number of amides is 1. The number of aliphatic carboxylic acids is 1. The molecule has 1 aliphatic rings. The Morgan fingerprint density at radius 3 is 2.83 bits per heavy atom. The van der Waals surface area contributed by atoms with Crippen molar-refractivity contribution >= 4 is 22.8 Å². The highest BCUT2D eigenvalue weighted by Gasteiger charge is 2.33. The summed E-state index contributed by atoms with van der Waals surface area (Å²) in [5.41, 5.74) is 1.33. The first-order valence-corrected chi connectivity index (χ1v) is 7.58. The van der Waals surface area contributed by atoms with Crippen LogP contribution in [0.1, 0.15) is 35.3 Å². The van der Waals surface area contributed by atoms with Crippen LogP contribution in [0, 0.1) is 12.7 Å². The van der Waals surface area contributed by atoms with E-state index in [1.54, 1.807) is 19.1 Å². The van der Waals surface area contributed by atoms with Crippen LogP contribution in [0.15, 0.2) is 24.3 Å². The van der Waals surface area contributed by atoms with Crippen LogP contribution in [0.25, 0.3) is 10.9 Å². The summed E-state index contributed by atoms with van der Waals surface area (Å²) in [5, 5.41) is 9.98. The maximum absolute atomic E-state index is 13.3. The van der Waals surface area contributed by atoms with Crippen LogP contribution >= 0.6 is 0 Å². The van der Waals surface area contributed by atoms with Crippen LogP contribution in [0.5, 0.6) is 0 Å². The standard InChI is InChI=1S/C17H17FN2O3/c1-10-13(8-11-5-6-12(18)9-14(11)19-10)16(21)20-7-3-2-4-15(20)17(22)23/h5-6,8-9,15H,2-4,7H2,1H3,(H,22,23)/t15-/m0/s1. The number of carbonyl (C=O) groups is 2. The molecule has 6 heteroatoms. The lowest BCUT2D eigenvalue weighted by Gasteiger charge is -2.33. The molecule has 1 aliphatic heterocycles. The molecule has 2 aromatic rings. The Balaban J connectivity index is 2.01. The zero-order chi connectivity index (χ0) is 16.6. The maximum atomic E-state index is 13.3. The molecule has 1 amide bonds. The van der Waals surface area contributed by atoms with Crippen molar-refractivity contribution in [2.45, 2.75) is 32.2 Å². The molecule has 1 aromatic carbocycles. The highest BCUT2D eigenvalue weighted by atomic mass is 19.1. The minimum Gasteiger partial charge on any atom is -0.480 e. The van der Waals surface area contributed by atoms with Gasteiger partial charge in [-0.25, -0.2) is 9.18 Å². The van der Waals surface area contributed by atoms with Gasteiger partial charge in [0.2, 0.25) is 0 Å². The number of hydrogen-bond donors (Lipinski definition) is 1. The van der Waals surface area contributed by atoms with E-state index in [9.17, 15) is 19.1 Å². The predicted octanol–water partition coefficient (Wildman–Crippen LogP) is 2.76. The second kappa shape index (κ2) is 5.95. The Morgan fingerprint density at radius 1 is 1.30 bits per heavy atom. The molecule has 0 unspecified atom stereocenters. The van der Waals surface area contributed by atoms with Crippen molar-refractivity contribution in [3.8, 4) is 0 Å². The van der Waals surface area contributed by atoms with E-state index in [4.69, 9.17) is 0 Å². The maximum Gasteiger partial charge on any atom is 0.326 e. The van der Waals surface area contributed by atoms with Crippen molar-refractivity contribution < 1.29 is 19.1 Å². The van der Waals surface area contributed by atoms with Crippen LogP contribution in [-0.4, -0.2) is 39.5 Å². The molecular formula is C17H17FN2O3. The van der Waals surface area contributed by atoms with Crippen LogP contribution in [0.2, 0.25) is 0 Å². The Labute approximate surface area is 132 Å². The Bertz CT molecular complexity index is 791. The topological polar surface area (TPSA) is 70.5 Å². The molecule has 120 valence electrons. The summed E-state index contributed by atoms with van der Waals surface area (Å²) in [6.45, 7) is 2.11. The van der Waals surface area contributed by atoms with E-state index in [1.807, 2.05) is 0 Å². The first-order valence-electron chi connectivity index (χ1n) is 7.58. The summed E-state index contributed by atoms with van der Waals surface area (Å²) < 4.78 is 13.3. The molecule has 1 aromatic heterocycles. The van der Waals surface area contributed by atoms with Crippen molar-refractivity contribution in [3.05, 3.63) is 41.3 Å². The highest BCUT2D eigenvalue weighted by Crippen LogP contribution is 2.23. The number of carboxylic acid groups (broad SMARTS) is 1. The van der Waals surface area contributed by atoms with Gasteiger partial charge >= 0.3 is 5.97 Å². The molecule has 0 aliphatic carbocycles. The number of carboxylic acids is 1. The molecule has 1 N–H and O–H groups in total. The largest absolute Gasteiger partial charge is 0.480 e. The lowest BCUT2D eigenvalue weighted by Crippen LogP contribution is -2.48. The number of carbonyl (C=O) groups excluding carboxylic acids is 1. The highest BCUT2D eigenvalue weighted by molar-refractivity contribution is 6.00. The van der Waals surface area contributed by atoms with Crippen LogP contribution in [0.4, 0.5) is 4.39 Å². The Morgan fingerprint density at radius 2 is 2.09 bits per heavy atom. The molecule has 2 heterocycles. The number of benzene rings is 1. The van der Waals surface area contributed by atoms with Crippen molar-refractivity contribution in [2.24, 2.45) is 0 Å². The second-order valence-corrected chi connectivity index (χ2v) is 5.81. The molecule has 23 heavy (non-hydrogen) atoms. The van der Waals surface area contributed by atoms with Gasteiger partial charge in [0.05, 0.1) is 16.8 Å². The van der Waals surface area contributed by atoms with E-state index < -0.39 is 12.0 Å². The quantitative estimate of drug-likeness (QED) is 0.925. The van der Waals surface area contributed by atoms with Gasteiger partial charge in [-0.1, -0.05) is 0 Å². The first-order chi connectivity index (χ1) is 11.0. The van der Waals surface area contributed by atoms with Gasteiger partial charge in [0.25, 0.3) is 5.91 Å². The summed E-state index contributed by atoms with van der Waals surface area (Å²) >= 11 is 0. The van der Waals surface area contributed by atoms with Crippen molar-refractivity contribution in [3.63, 3.8) is 0 Å². The number of aromatic nitrogens is 1. The zero-order valence-corrected chi connectivity index (χ0v) is 12.8. The van der Waals surface area contributed by atoms with Gasteiger partial charge in [-0.15, -0.1) is 0 Å². The third kappa shape index (κ3) is 2.88. The minimum absolute atomic E-state index is 0.326. The smallest absolute Gasteiger partial charge is 0.326 e. The average Bonchev–Trinajstić information content (AvgIpc) is 2.53. The van der Waals surface area contributed by atoms with Crippen LogP contribution in [-0.2, 0) is 4.79 Å². The molecule has 3 rings (SSSR count). The zero-order valence-electron chi connectivity index (χ0n) is 12.8. The normalized spacial score (nSPS) is 18.2. The third-order valence-corrected chi connectivity index (χ3v) is 4.25. The number of hydrogen-bond acceptors (Lipinski definition) is 3. The Hall–Kier alpha value is -2.50. The van der Waals surface area contributed by atoms with Crippen molar-refractivity contribution in [1.29, 1.82) is 0 Å². The van der Waals surface area contributed by atoms with Crippen LogP contribution < -0.4 is 0 Å². The monoisotopic (exact) mass is 316 g/mol. The molecule has 5 nitrogen and oxygen atoms in total. The van der Waals surface area contributed by atoms with Gasteiger partial charge in [-0.05, 0) is 44.4 Å². The van der Waals surface area contributed by atoms with Gasteiger partial charge in [-0.3, -0.25) is 9.78 Å². The molecule has 1 fully saturated rings. The lowest BCUT2D eigenvalue weighted by molar-refractivity contribution is -0.143. The van der Waals surface area contributed by atoms with E-state index in [0.717, 1.165) is 12.8 Å². The van der Waals surface area contributed by atoms with E-state index in [2.05, 4.69) is 4.98 Å². The second-order valence-electron chi connectivity index (χ2n) is 5.81. The van der Waals surface area contributed by atoms with Crippen molar-refractivity contribution in [2.75, 3.05) is 6.54 Å². The fourth-order valence-electron chi connectivity index (χ4n) is 3.04. The number of fused-ring (bicyclic) bond motifs is 1. The summed E-state index contributed by atoms with van der Waals surface area (Å²) in [5.74, 6) is -1.69. The van der Waals surface area contributed by atoms with E-state index >= 15 is 0 Å². The first kappa shape index (κ1) is 15.4. The number of nitrogens with zero attached hydrogens (tertiary/aromatic N) is 2. The number of piperidine rings is 1. The average molecular weight is 316 g/mol.